The smallest absolute Gasteiger partial charge is 0.246 e. The molecule has 0 aliphatic heterocycles. The molecular weight excluding hydrogens is 399 g/mol. The van der Waals surface area contributed by atoms with Crippen LogP contribution in [-0.4, -0.2) is 32.6 Å². The standard InChI is InChI=1S/C19H16BrFN4O/c1-24(12-15-6-8-22-9-7-15)19(26)5-3-14-2-4-18(17(21)10-14)25-13-16(20)11-23-25/h2-11,13H,12H2,1H3/b5-3+. The number of pyridine rings is 1. The van der Waals surface area contributed by atoms with Gasteiger partial charge in [0.05, 0.1) is 10.7 Å². The monoisotopic (exact) mass is 414 g/mol. The maximum absolute atomic E-state index is 14.3. The van der Waals surface area contributed by atoms with Crippen LogP contribution in [-0.2, 0) is 11.3 Å². The van der Waals surface area contributed by atoms with E-state index in [9.17, 15) is 9.18 Å². The Labute approximate surface area is 158 Å². The van der Waals surface area contributed by atoms with Gasteiger partial charge < -0.3 is 4.90 Å². The molecule has 3 rings (SSSR count). The van der Waals surface area contributed by atoms with Gasteiger partial charge in [0.2, 0.25) is 5.91 Å². The quantitative estimate of drug-likeness (QED) is 0.595. The molecule has 2 heterocycles. The fourth-order valence-electron chi connectivity index (χ4n) is 2.38. The number of nitrogens with zero attached hydrogens (tertiary/aromatic N) is 4. The number of rotatable bonds is 5. The number of hydrogen-bond donors (Lipinski definition) is 0. The summed E-state index contributed by atoms with van der Waals surface area (Å²) in [5.41, 5.74) is 1.93. The highest BCUT2D eigenvalue weighted by Crippen LogP contribution is 2.18. The molecule has 132 valence electrons. The Morgan fingerprint density at radius 2 is 2.08 bits per heavy atom. The minimum Gasteiger partial charge on any atom is -0.338 e. The van der Waals surface area contributed by atoms with Gasteiger partial charge in [-0.15, -0.1) is 0 Å². The first-order valence-electron chi connectivity index (χ1n) is 7.85. The molecule has 1 amide bonds. The molecule has 0 spiro atoms. The number of carbonyl (C=O) groups excluding carboxylic acids is 1. The maximum Gasteiger partial charge on any atom is 0.246 e. The van der Waals surface area contributed by atoms with Gasteiger partial charge in [-0.25, -0.2) is 9.07 Å². The minimum atomic E-state index is -0.416. The Balaban J connectivity index is 1.68. The van der Waals surface area contributed by atoms with Crippen molar-refractivity contribution < 1.29 is 9.18 Å². The highest BCUT2D eigenvalue weighted by molar-refractivity contribution is 9.10. The van der Waals surface area contributed by atoms with E-state index >= 15 is 0 Å². The highest BCUT2D eigenvalue weighted by atomic mass is 79.9. The molecule has 0 bridgehead atoms. The zero-order valence-corrected chi connectivity index (χ0v) is 15.6. The van der Waals surface area contributed by atoms with Crippen molar-refractivity contribution in [1.82, 2.24) is 19.7 Å². The molecule has 0 fully saturated rings. The molecule has 7 heteroatoms. The summed E-state index contributed by atoms with van der Waals surface area (Å²) in [6.45, 7) is 0.479. The molecule has 1 aromatic carbocycles. The number of carbonyl (C=O) groups is 1. The van der Waals surface area contributed by atoms with Crippen LogP contribution in [0.3, 0.4) is 0 Å². The molecule has 26 heavy (non-hydrogen) atoms. The van der Waals surface area contributed by atoms with E-state index in [-0.39, 0.29) is 5.91 Å². The number of benzene rings is 1. The van der Waals surface area contributed by atoms with Gasteiger partial charge in [-0.3, -0.25) is 9.78 Å². The summed E-state index contributed by atoms with van der Waals surface area (Å²) in [4.78, 5) is 17.7. The van der Waals surface area contributed by atoms with Crippen molar-refractivity contribution in [3.63, 3.8) is 0 Å². The van der Waals surface area contributed by atoms with Crippen molar-refractivity contribution in [3.8, 4) is 5.69 Å². The number of hydrogen-bond acceptors (Lipinski definition) is 3. The van der Waals surface area contributed by atoms with Crippen LogP contribution in [0.5, 0.6) is 0 Å². The first-order valence-corrected chi connectivity index (χ1v) is 8.64. The SMILES string of the molecule is CN(Cc1ccncc1)C(=O)/C=C/c1ccc(-n2cc(Br)cn2)c(F)c1. The van der Waals surface area contributed by atoms with Crippen molar-refractivity contribution >= 4 is 27.9 Å². The van der Waals surface area contributed by atoms with Crippen molar-refractivity contribution in [2.45, 2.75) is 6.54 Å². The van der Waals surface area contributed by atoms with Crippen LogP contribution in [0.15, 0.2) is 65.7 Å². The molecule has 0 N–H and O–H groups in total. The molecule has 0 aliphatic carbocycles. The fourth-order valence-corrected chi connectivity index (χ4v) is 2.67. The van der Waals surface area contributed by atoms with E-state index in [1.165, 1.54) is 16.8 Å². The van der Waals surface area contributed by atoms with Gasteiger partial charge in [0.15, 0.2) is 0 Å². The molecule has 0 unspecified atom stereocenters. The molecule has 2 aromatic heterocycles. The molecule has 0 saturated heterocycles. The van der Waals surface area contributed by atoms with E-state index in [0.717, 1.165) is 10.0 Å². The summed E-state index contributed by atoms with van der Waals surface area (Å²) in [7, 11) is 1.71. The van der Waals surface area contributed by atoms with Crippen molar-refractivity contribution in [2.75, 3.05) is 7.05 Å². The number of likely N-dealkylation sites (N-methyl/N-ethyl adjacent to an activating group) is 1. The van der Waals surface area contributed by atoms with Crippen LogP contribution in [0.4, 0.5) is 4.39 Å². The zero-order valence-electron chi connectivity index (χ0n) is 14.0. The summed E-state index contributed by atoms with van der Waals surface area (Å²) >= 11 is 3.28. The van der Waals surface area contributed by atoms with Crippen LogP contribution >= 0.6 is 15.9 Å². The lowest BCUT2D eigenvalue weighted by atomic mass is 10.1. The highest BCUT2D eigenvalue weighted by Gasteiger charge is 2.08. The second-order valence-corrected chi connectivity index (χ2v) is 6.61. The van der Waals surface area contributed by atoms with Gasteiger partial charge in [0.25, 0.3) is 0 Å². The largest absolute Gasteiger partial charge is 0.338 e. The number of aromatic nitrogens is 3. The van der Waals surface area contributed by atoms with E-state index in [0.29, 0.717) is 17.8 Å². The lowest BCUT2D eigenvalue weighted by Gasteiger charge is -2.14. The van der Waals surface area contributed by atoms with Gasteiger partial charge in [0, 0.05) is 38.3 Å². The minimum absolute atomic E-state index is 0.165. The second-order valence-electron chi connectivity index (χ2n) is 5.70. The van der Waals surface area contributed by atoms with Crippen molar-refractivity contribution in [1.29, 1.82) is 0 Å². The molecule has 0 saturated carbocycles. The lowest BCUT2D eigenvalue weighted by molar-refractivity contribution is -0.125. The number of halogens is 2. The normalized spacial score (nSPS) is 11.0. The predicted molar refractivity (Wildman–Crippen MR) is 101 cm³/mol. The third kappa shape index (κ3) is 4.43. The fraction of sp³-hybridized carbons (Fsp3) is 0.105. The van der Waals surface area contributed by atoms with Crippen LogP contribution in [0.1, 0.15) is 11.1 Å². The van der Waals surface area contributed by atoms with Gasteiger partial charge >= 0.3 is 0 Å². The van der Waals surface area contributed by atoms with Crippen LogP contribution in [0.25, 0.3) is 11.8 Å². The molecule has 0 aliphatic rings. The van der Waals surface area contributed by atoms with E-state index in [4.69, 9.17) is 0 Å². The van der Waals surface area contributed by atoms with Gasteiger partial charge in [-0.05, 0) is 57.4 Å². The molecule has 0 atom stereocenters. The summed E-state index contributed by atoms with van der Waals surface area (Å²) in [5.74, 6) is -0.581. The first-order chi connectivity index (χ1) is 12.5. The van der Waals surface area contributed by atoms with E-state index in [1.807, 2.05) is 12.1 Å². The average Bonchev–Trinajstić information content (AvgIpc) is 3.06. The lowest BCUT2D eigenvalue weighted by Crippen LogP contribution is -2.24. The van der Waals surface area contributed by atoms with Crippen LogP contribution in [0.2, 0.25) is 0 Å². The summed E-state index contributed by atoms with van der Waals surface area (Å²) in [6.07, 6.45) is 9.66. The molecule has 5 nitrogen and oxygen atoms in total. The summed E-state index contributed by atoms with van der Waals surface area (Å²) < 4.78 is 16.5. The van der Waals surface area contributed by atoms with Crippen LogP contribution in [0, 0.1) is 5.82 Å². The third-order valence-electron chi connectivity index (χ3n) is 3.73. The molecular formula is C19H16BrFN4O. The van der Waals surface area contributed by atoms with Gasteiger partial charge in [-0.1, -0.05) is 6.07 Å². The zero-order chi connectivity index (χ0) is 18.5. The van der Waals surface area contributed by atoms with Crippen LogP contribution < -0.4 is 0 Å². The molecule has 0 radical (unpaired) electrons. The summed E-state index contributed by atoms with van der Waals surface area (Å²) in [5, 5.41) is 4.06. The van der Waals surface area contributed by atoms with Crippen molar-refractivity contribution in [2.24, 2.45) is 0 Å². The van der Waals surface area contributed by atoms with E-state index in [1.54, 1.807) is 54.9 Å². The number of amides is 1. The summed E-state index contributed by atoms with van der Waals surface area (Å²) in [6, 6.07) is 8.45. The van der Waals surface area contributed by atoms with Crippen molar-refractivity contribution in [3.05, 3.63) is 82.6 Å². The van der Waals surface area contributed by atoms with E-state index in [2.05, 4.69) is 26.0 Å². The maximum atomic E-state index is 14.3. The Morgan fingerprint density at radius 1 is 1.31 bits per heavy atom. The van der Waals surface area contributed by atoms with Gasteiger partial charge in [0.1, 0.15) is 11.5 Å². The Kier molecular flexibility index (Phi) is 5.58. The first kappa shape index (κ1) is 18.0. The average molecular weight is 415 g/mol. The Bertz CT molecular complexity index is 940. The third-order valence-corrected chi connectivity index (χ3v) is 4.14. The predicted octanol–water partition coefficient (Wildman–Crippen LogP) is 3.84. The molecule has 3 aromatic rings. The Hall–Kier alpha value is -2.80. The van der Waals surface area contributed by atoms with Gasteiger partial charge in [-0.2, -0.15) is 5.10 Å². The topological polar surface area (TPSA) is 51.0 Å². The second kappa shape index (κ2) is 8.05. The van der Waals surface area contributed by atoms with E-state index < -0.39 is 5.82 Å². The Morgan fingerprint density at radius 3 is 2.73 bits per heavy atom.